The molecule has 14 heavy (non-hydrogen) atoms. The molecule has 0 aliphatic heterocycles. The first-order valence-corrected chi connectivity index (χ1v) is 4.10. The molecule has 0 radical (unpaired) electrons. The van der Waals surface area contributed by atoms with Crippen LogP contribution in [0.4, 0.5) is 0 Å². The number of carbonyl (C=O) groups excluding carboxylic acids is 2. The molecule has 70 valence electrons. The minimum Gasteiger partial charge on any atom is -0.361 e. The van der Waals surface area contributed by atoms with E-state index in [4.69, 9.17) is 5.73 Å². The van der Waals surface area contributed by atoms with Crippen molar-refractivity contribution in [3.05, 3.63) is 36.5 Å². The monoisotopic (exact) mass is 188 g/mol. The third-order valence-electron chi connectivity index (χ3n) is 2.03. The van der Waals surface area contributed by atoms with Crippen LogP contribution in [0.1, 0.15) is 4.79 Å². The van der Waals surface area contributed by atoms with Crippen molar-refractivity contribution in [2.45, 2.75) is 0 Å². The van der Waals surface area contributed by atoms with Crippen molar-refractivity contribution < 1.29 is 9.59 Å². The number of fused-ring (bicyclic) bond motifs is 1. The van der Waals surface area contributed by atoms with Gasteiger partial charge in [0.05, 0.1) is 5.52 Å². The maximum atomic E-state index is 11.3. The number of nitrogens with two attached hydrogens (primary N) is 1. The second-order valence-electron chi connectivity index (χ2n) is 2.91. The smallest absolute Gasteiger partial charge is 0.320 e. The summed E-state index contributed by atoms with van der Waals surface area (Å²) in [6.45, 7) is 0. The lowest BCUT2D eigenvalue weighted by Crippen LogP contribution is -2.28. The predicted molar refractivity (Wildman–Crippen MR) is 51.8 cm³/mol. The molecule has 1 amide bonds. The number of aromatic nitrogens is 1. The fourth-order valence-corrected chi connectivity index (χ4v) is 1.38. The van der Waals surface area contributed by atoms with Crippen LogP contribution in [0.2, 0.25) is 0 Å². The first-order chi connectivity index (χ1) is 6.70. The molecule has 2 aromatic rings. The van der Waals surface area contributed by atoms with Crippen LogP contribution in [0.5, 0.6) is 0 Å². The molecule has 2 N–H and O–H groups in total. The van der Waals surface area contributed by atoms with Gasteiger partial charge < -0.3 is 5.73 Å². The summed E-state index contributed by atoms with van der Waals surface area (Å²) in [5.41, 5.74) is 5.60. The van der Waals surface area contributed by atoms with E-state index in [9.17, 15) is 9.59 Å². The maximum Gasteiger partial charge on any atom is 0.320 e. The number of para-hydroxylation sites is 1. The Labute approximate surface area is 79.9 Å². The summed E-state index contributed by atoms with van der Waals surface area (Å²) >= 11 is 0. The van der Waals surface area contributed by atoms with Crippen LogP contribution in [0.3, 0.4) is 0 Å². The van der Waals surface area contributed by atoms with Gasteiger partial charge in [0.15, 0.2) is 0 Å². The van der Waals surface area contributed by atoms with Crippen molar-refractivity contribution in [2.75, 3.05) is 0 Å². The van der Waals surface area contributed by atoms with Gasteiger partial charge in [-0.1, -0.05) is 18.2 Å². The average Bonchev–Trinajstić information content (AvgIpc) is 2.60. The zero-order valence-corrected chi connectivity index (χ0v) is 7.31. The molecular weight excluding hydrogens is 180 g/mol. The van der Waals surface area contributed by atoms with Crippen molar-refractivity contribution in [3.63, 3.8) is 0 Å². The maximum absolute atomic E-state index is 11.3. The number of benzene rings is 1. The van der Waals surface area contributed by atoms with E-state index >= 15 is 0 Å². The van der Waals surface area contributed by atoms with Gasteiger partial charge in [0.25, 0.3) is 0 Å². The van der Waals surface area contributed by atoms with Crippen molar-refractivity contribution in [3.8, 4) is 0 Å². The van der Waals surface area contributed by atoms with E-state index in [1.807, 2.05) is 12.1 Å². The number of hydrogen-bond donors (Lipinski definition) is 1. The van der Waals surface area contributed by atoms with Crippen LogP contribution in [-0.2, 0) is 4.79 Å². The Balaban J connectivity index is 2.64. The van der Waals surface area contributed by atoms with Crippen molar-refractivity contribution in [2.24, 2.45) is 5.73 Å². The zero-order valence-electron chi connectivity index (χ0n) is 7.31. The van der Waals surface area contributed by atoms with E-state index in [2.05, 4.69) is 0 Å². The lowest BCUT2D eigenvalue weighted by molar-refractivity contribution is -0.114. The highest BCUT2D eigenvalue weighted by Crippen LogP contribution is 2.14. The molecule has 1 heterocycles. The second-order valence-corrected chi connectivity index (χ2v) is 2.91. The van der Waals surface area contributed by atoms with Gasteiger partial charge in [-0.05, 0) is 12.1 Å². The highest BCUT2D eigenvalue weighted by molar-refractivity contribution is 6.36. The van der Waals surface area contributed by atoms with Gasteiger partial charge >= 0.3 is 11.8 Å². The molecule has 1 aromatic carbocycles. The summed E-state index contributed by atoms with van der Waals surface area (Å²) in [5.74, 6) is -1.67. The van der Waals surface area contributed by atoms with Gasteiger partial charge in [-0.15, -0.1) is 0 Å². The third-order valence-corrected chi connectivity index (χ3v) is 2.03. The number of rotatable bonds is 0. The molecule has 2 rings (SSSR count). The number of nitrogens with zero attached hydrogens (tertiary/aromatic N) is 1. The fourth-order valence-electron chi connectivity index (χ4n) is 1.38. The molecule has 0 fully saturated rings. The van der Waals surface area contributed by atoms with E-state index < -0.39 is 11.8 Å². The second kappa shape index (κ2) is 2.99. The van der Waals surface area contributed by atoms with E-state index in [-0.39, 0.29) is 0 Å². The van der Waals surface area contributed by atoms with Crippen LogP contribution >= 0.6 is 0 Å². The zero-order chi connectivity index (χ0) is 10.1. The van der Waals surface area contributed by atoms with Crippen LogP contribution in [0.25, 0.3) is 10.9 Å². The van der Waals surface area contributed by atoms with Gasteiger partial charge in [0.2, 0.25) is 0 Å². The molecule has 0 bridgehead atoms. The average molecular weight is 188 g/mol. The minimum atomic E-state index is -0.952. The van der Waals surface area contributed by atoms with Gasteiger partial charge in [0.1, 0.15) is 0 Å². The van der Waals surface area contributed by atoms with Crippen LogP contribution in [-0.4, -0.2) is 16.4 Å². The molecule has 0 saturated carbocycles. The first kappa shape index (κ1) is 8.50. The topological polar surface area (TPSA) is 65.1 Å². The van der Waals surface area contributed by atoms with Crippen LogP contribution < -0.4 is 5.73 Å². The summed E-state index contributed by atoms with van der Waals surface area (Å²) in [7, 11) is 0. The normalized spacial score (nSPS) is 10.3. The van der Waals surface area contributed by atoms with Crippen LogP contribution in [0, 0.1) is 0 Å². The van der Waals surface area contributed by atoms with Gasteiger partial charge in [0, 0.05) is 11.6 Å². The quantitative estimate of drug-likeness (QED) is 0.620. The molecule has 4 heteroatoms. The largest absolute Gasteiger partial charge is 0.361 e. The summed E-state index contributed by atoms with van der Waals surface area (Å²) in [4.78, 5) is 22.0. The Hall–Kier alpha value is -2.10. The van der Waals surface area contributed by atoms with E-state index in [0.717, 1.165) is 5.39 Å². The summed E-state index contributed by atoms with van der Waals surface area (Å²) < 4.78 is 1.25. The van der Waals surface area contributed by atoms with Crippen LogP contribution in [0.15, 0.2) is 36.5 Å². The van der Waals surface area contributed by atoms with Crippen molar-refractivity contribution in [1.82, 2.24) is 4.57 Å². The van der Waals surface area contributed by atoms with Gasteiger partial charge in [-0.25, -0.2) is 0 Å². The number of amides is 1. The minimum absolute atomic E-state index is 0.691. The highest BCUT2D eigenvalue weighted by atomic mass is 16.2. The molecule has 1 aromatic heterocycles. The number of primary amides is 1. The molecular formula is C10H8N2O2. The SMILES string of the molecule is NC(=O)C(=O)n1ccc2ccccc21. The molecule has 0 unspecified atom stereocenters. The lowest BCUT2D eigenvalue weighted by atomic mass is 10.2. The van der Waals surface area contributed by atoms with Gasteiger partial charge in [-0.3, -0.25) is 14.2 Å². The third kappa shape index (κ3) is 1.17. The van der Waals surface area contributed by atoms with Gasteiger partial charge in [-0.2, -0.15) is 0 Å². The molecule has 0 spiro atoms. The highest BCUT2D eigenvalue weighted by Gasteiger charge is 2.13. The Morgan fingerprint density at radius 3 is 2.57 bits per heavy atom. The van der Waals surface area contributed by atoms with Crippen molar-refractivity contribution in [1.29, 1.82) is 0 Å². The summed E-state index contributed by atoms with van der Waals surface area (Å²) in [5, 5.41) is 0.905. The van der Waals surface area contributed by atoms with Crippen molar-refractivity contribution >= 4 is 22.7 Å². The molecule has 0 atom stereocenters. The first-order valence-electron chi connectivity index (χ1n) is 4.10. The van der Waals surface area contributed by atoms with E-state index in [1.54, 1.807) is 18.2 Å². The molecule has 0 saturated heterocycles. The molecule has 0 aliphatic carbocycles. The standard InChI is InChI=1S/C10H8N2O2/c11-9(13)10(14)12-6-5-7-3-1-2-4-8(7)12/h1-6H,(H2,11,13). The lowest BCUT2D eigenvalue weighted by Gasteiger charge is -1.98. The Morgan fingerprint density at radius 2 is 1.86 bits per heavy atom. The number of hydrogen-bond acceptors (Lipinski definition) is 2. The Kier molecular flexibility index (Phi) is 1.81. The van der Waals surface area contributed by atoms with E-state index in [1.165, 1.54) is 10.8 Å². The predicted octanol–water partition coefficient (Wildman–Crippen LogP) is 0.767. The summed E-state index contributed by atoms with van der Waals surface area (Å²) in [6, 6.07) is 9.04. The Morgan fingerprint density at radius 1 is 1.14 bits per heavy atom. The summed E-state index contributed by atoms with van der Waals surface area (Å²) in [6.07, 6.45) is 1.54. The number of carbonyl (C=O) groups is 2. The molecule has 4 nitrogen and oxygen atoms in total. The Bertz CT molecular complexity index is 514. The van der Waals surface area contributed by atoms with E-state index in [0.29, 0.717) is 5.52 Å². The fraction of sp³-hybridized carbons (Fsp3) is 0. The molecule has 0 aliphatic rings.